The maximum Gasteiger partial charge on any atom is 0.236 e. The van der Waals surface area contributed by atoms with E-state index >= 15 is 0 Å². The zero-order valence-electron chi connectivity index (χ0n) is 18.0. The van der Waals surface area contributed by atoms with Gasteiger partial charge in [0, 0.05) is 43.7 Å². The lowest BCUT2D eigenvalue weighted by molar-refractivity contribution is -0.132. The molecule has 0 spiro atoms. The molecule has 0 unspecified atom stereocenters. The molecule has 10 heteroatoms. The lowest BCUT2D eigenvalue weighted by atomic mass is 10.2. The van der Waals surface area contributed by atoms with Crippen molar-refractivity contribution in [1.82, 2.24) is 19.8 Å². The molecule has 4 heterocycles. The smallest absolute Gasteiger partial charge is 0.236 e. The molecule has 2 N–H and O–H groups in total. The minimum Gasteiger partial charge on any atom is -0.346 e. The largest absolute Gasteiger partial charge is 0.346 e. The molecule has 0 radical (unpaired) electrons. The number of aromatic nitrogens is 2. The molecule has 1 saturated carbocycles. The van der Waals surface area contributed by atoms with Gasteiger partial charge in [0.1, 0.15) is 11.5 Å². The second-order valence-corrected chi connectivity index (χ2v) is 10.7. The zero-order chi connectivity index (χ0) is 22.6. The summed E-state index contributed by atoms with van der Waals surface area (Å²) in [5, 5.41) is 3.87. The summed E-state index contributed by atoms with van der Waals surface area (Å²) >= 11 is 0. The van der Waals surface area contributed by atoms with E-state index in [0.29, 0.717) is 25.5 Å². The number of hydrogen-bond acceptors (Lipinski definition) is 6. The molecular formula is C22H29N5O4S. The maximum atomic E-state index is 11.9. The number of carbonyl (C=O) groups excluding carboxylic acids is 2. The van der Waals surface area contributed by atoms with Crippen molar-refractivity contribution in [2.24, 2.45) is 5.92 Å². The van der Waals surface area contributed by atoms with Crippen molar-refractivity contribution in [1.29, 1.82) is 0 Å². The Morgan fingerprint density at radius 1 is 1.09 bits per heavy atom. The highest BCUT2D eigenvalue weighted by molar-refractivity contribution is 7.91. The van der Waals surface area contributed by atoms with E-state index in [1.165, 1.54) is 0 Å². The van der Waals surface area contributed by atoms with Crippen LogP contribution >= 0.6 is 0 Å². The fourth-order valence-electron chi connectivity index (χ4n) is 3.66. The summed E-state index contributed by atoms with van der Waals surface area (Å²) in [4.78, 5) is 34.5. The molecule has 0 aromatic carbocycles. The predicted octanol–water partition coefficient (Wildman–Crippen LogP) is 1.42. The number of anilines is 1. The molecular weight excluding hydrogens is 430 g/mol. The zero-order valence-corrected chi connectivity index (χ0v) is 18.8. The topological polar surface area (TPSA) is 115 Å². The minimum atomic E-state index is -2.90. The summed E-state index contributed by atoms with van der Waals surface area (Å²) in [5.41, 5.74) is 0.809. The van der Waals surface area contributed by atoms with Crippen molar-refractivity contribution in [3.8, 4) is 0 Å². The number of aromatic amines is 1. The Bertz CT molecular complexity index is 1090. The molecule has 32 heavy (non-hydrogen) atoms. The number of nitrogens with zero attached hydrogens (tertiary/aromatic N) is 3. The van der Waals surface area contributed by atoms with Crippen LogP contribution in [0.4, 0.5) is 5.82 Å². The highest BCUT2D eigenvalue weighted by Gasteiger charge is 2.29. The van der Waals surface area contributed by atoms with Gasteiger partial charge in [-0.25, -0.2) is 13.4 Å². The molecule has 9 nitrogen and oxygen atoms in total. The van der Waals surface area contributed by atoms with E-state index in [2.05, 4.69) is 32.3 Å². The second kappa shape index (κ2) is 9.83. The Labute approximate surface area is 187 Å². The minimum absolute atomic E-state index is 0.0511. The molecule has 3 aliphatic rings. The number of H-pyrrole nitrogens is 1. The van der Waals surface area contributed by atoms with Crippen LogP contribution in [0.25, 0.3) is 11.0 Å². The van der Waals surface area contributed by atoms with E-state index in [1.54, 1.807) is 4.90 Å². The summed E-state index contributed by atoms with van der Waals surface area (Å²) in [6.45, 7) is 2.84. The van der Waals surface area contributed by atoms with Crippen LogP contribution in [0.1, 0.15) is 19.3 Å². The highest BCUT2D eigenvalue weighted by atomic mass is 32.2. The van der Waals surface area contributed by atoms with Gasteiger partial charge in [0.15, 0.2) is 9.84 Å². The van der Waals surface area contributed by atoms with Crippen LogP contribution in [-0.4, -0.2) is 84.2 Å². The van der Waals surface area contributed by atoms with Gasteiger partial charge in [0.05, 0.1) is 18.1 Å². The van der Waals surface area contributed by atoms with Crippen LogP contribution in [0.15, 0.2) is 36.5 Å². The third kappa shape index (κ3) is 6.17. The molecule has 2 aliphatic heterocycles. The highest BCUT2D eigenvalue weighted by Crippen LogP contribution is 2.30. The van der Waals surface area contributed by atoms with Gasteiger partial charge in [0.2, 0.25) is 11.8 Å². The normalized spacial score (nSPS) is 20.4. The number of fused-ring (bicyclic) bond motifs is 1. The standard InChI is InChI=1S/C11H11N3O.C11H18N2O3S/c15-11(8-1-2-8)14-9-4-3-7-5-6-12-10(7)13-9;14-11(10-12-4-2-1-3-5-12)13-6-8-17(15,16)9-7-13/h3-6,8H,1-2H2,(H2,12,13,14,15);1-2H,3-10H2. The van der Waals surface area contributed by atoms with E-state index in [1.807, 2.05) is 24.4 Å². The predicted molar refractivity (Wildman–Crippen MR) is 123 cm³/mol. The van der Waals surface area contributed by atoms with Crippen LogP contribution in [0.2, 0.25) is 0 Å². The van der Waals surface area contributed by atoms with Crippen molar-refractivity contribution in [3.63, 3.8) is 0 Å². The van der Waals surface area contributed by atoms with Crippen molar-refractivity contribution < 1.29 is 18.0 Å². The first-order chi connectivity index (χ1) is 15.4. The summed E-state index contributed by atoms with van der Waals surface area (Å²) in [7, 11) is -2.90. The number of carbonyl (C=O) groups is 2. The first-order valence-corrected chi connectivity index (χ1v) is 12.8. The summed E-state index contributed by atoms with van der Waals surface area (Å²) in [6.07, 6.45) is 9.03. The van der Waals surface area contributed by atoms with Crippen LogP contribution in [0, 0.1) is 5.92 Å². The number of amides is 2. The van der Waals surface area contributed by atoms with Gasteiger partial charge in [0.25, 0.3) is 0 Å². The molecule has 0 atom stereocenters. The van der Waals surface area contributed by atoms with Crippen molar-refractivity contribution in [2.75, 3.05) is 49.5 Å². The molecule has 5 rings (SSSR count). The molecule has 2 aromatic heterocycles. The van der Waals surface area contributed by atoms with Crippen LogP contribution in [0.5, 0.6) is 0 Å². The summed E-state index contributed by atoms with van der Waals surface area (Å²) in [6, 6.07) is 5.73. The summed E-state index contributed by atoms with van der Waals surface area (Å²) < 4.78 is 22.5. The SMILES string of the molecule is O=C(CN1CC=CCC1)N1CCS(=O)(=O)CC1.O=C(Nc1ccc2cc[nH]c2n1)C1CC1. The third-order valence-corrected chi connectivity index (χ3v) is 7.42. The van der Waals surface area contributed by atoms with Gasteiger partial charge >= 0.3 is 0 Å². The fraction of sp³-hybridized carbons (Fsp3) is 0.500. The summed E-state index contributed by atoms with van der Waals surface area (Å²) in [5.74, 6) is 1.20. The Morgan fingerprint density at radius 3 is 2.56 bits per heavy atom. The van der Waals surface area contributed by atoms with E-state index in [4.69, 9.17) is 0 Å². The number of sulfone groups is 1. The molecule has 2 aromatic rings. The maximum absolute atomic E-state index is 11.9. The van der Waals surface area contributed by atoms with E-state index in [9.17, 15) is 18.0 Å². The number of rotatable bonds is 4. The van der Waals surface area contributed by atoms with Gasteiger partial charge in [-0.15, -0.1) is 0 Å². The molecule has 2 amide bonds. The van der Waals surface area contributed by atoms with Crippen molar-refractivity contribution >= 4 is 38.5 Å². The third-order valence-electron chi connectivity index (χ3n) is 5.81. The molecule has 0 bridgehead atoms. The monoisotopic (exact) mass is 459 g/mol. The lowest BCUT2D eigenvalue weighted by Gasteiger charge is -2.30. The van der Waals surface area contributed by atoms with Crippen molar-refractivity contribution in [2.45, 2.75) is 19.3 Å². The van der Waals surface area contributed by atoms with Gasteiger partial charge in [-0.05, 0) is 37.5 Å². The number of pyridine rings is 1. The Kier molecular flexibility index (Phi) is 6.90. The second-order valence-electron chi connectivity index (χ2n) is 8.40. The molecule has 172 valence electrons. The number of hydrogen-bond donors (Lipinski definition) is 2. The lowest BCUT2D eigenvalue weighted by Crippen LogP contribution is -2.48. The van der Waals surface area contributed by atoms with Gasteiger partial charge in [-0.3, -0.25) is 14.5 Å². The first kappa shape index (κ1) is 22.5. The quantitative estimate of drug-likeness (QED) is 0.668. The van der Waals surface area contributed by atoms with Crippen LogP contribution in [0.3, 0.4) is 0 Å². The van der Waals surface area contributed by atoms with Gasteiger partial charge in [-0.1, -0.05) is 12.2 Å². The van der Waals surface area contributed by atoms with Crippen LogP contribution < -0.4 is 5.32 Å². The molecule has 1 aliphatic carbocycles. The fourth-order valence-corrected chi connectivity index (χ4v) is 4.86. The van der Waals surface area contributed by atoms with Gasteiger partial charge in [-0.2, -0.15) is 0 Å². The average Bonchev–Trinajstić information content (AvgIpc) is 3.53. The van der Waals surface area contributed by atoms with E-state index < -0.39 is 9.84 Å². The average molecular weight is 460 g/mol. The molecule has 2 fully saturated rings. The first-order valence-electron chi connectivity index (χ1n) is 11.0. The van der Waals surface area contributed by atoms with Crippen LogP contribution in [-0.2, 0) is 19.4 Å². The Balaban J connectivity index is 0.000000154. The Hall–Kier alpha value is -2.72. The van der Waals surface area contributed by atoms with Gasteiger partial charge < -0.3 is 15.2 Å². The van der Waals surface area contributed by atoms with E-state index in [-0.39, 0.29) is 29.2 Å². The van der Waals surface area contributed by atoms with Crippen molar-refractivity contribution in [3.05, 3.63) is 36.5 Å². The number of nitrogens with one attached hydrogen (secondary N) is 2. The van der Waals surface area contributed by atoms with E-state index in [0.717, 1.165) is 43.4 Å². The molecule has 1 saturated heterocycles. The Morgan fingerprint density at radius 2 is 1.88 bits per heavy atom.